The van der Waals surface area contributed by atoms with Gasteiger partial charge < -0.3 is 9.47 Å². The van der Waals surface area contributed by atoms with Crippen LogP contribution in [0.5, 0.6) is 0 Å². The van der Waals surface area contributed by atoms with E-state index in [1.54, 1.807) is 0 Å². The van der Waals surface area contributed by atoms with Gasteiger partial charge in [-0.3, -0.25) is 9.89 Å². The van der Waals surface area contributed by atoms with E-state index in [0.29, 0.717) is 5.69 Å². The van der Waals surface area contributed by atoms with Crippen LogP contribution in [0, 0.1) is 5.92 Å². The molecule has 2 aliphatic carbocycles. The van der Waals surface area contributed by atoms with Crippen molar-refractivity contribution >= 4 is 5.91 Å². The number of nitrogens with zero attached hydrogens (tertiary/aromatic N) is 5. The third kappa shape index (κ3) is 2.83. The molecule has 1 aliphatic heterocycles. The average molecular weight is 354 g/mol. The van der Waals surface area contributed by atoms with Gasteiger partial charge in [0.05, 0.1) is 6.04 Å². The molecule has 7 nitrogen and oxygen atoms in total. The number of piperidine rings is 1. The summed E-state index contributed by atoms with van der Waals surface area (Å²) in [5.74, 6) is 1.78. The van der Waals surface area contributed by atoms with Gasteiger partial charge in [-0.1, -0.05) is 0 Å². The van der Waals surface area contributed by atoms with Crippen molar-refractivity contribution < 1.29 is 4.79 Å². The number of aromatic nitrogens is 5. The van der Waals surface area contributed by atoms with E-state index < -0.39 is 0 Å². The third-order valence-electron chi connectivity index (χ3n) is 6.12. The molecule has 1 N–H and O–H groups in total. The number of likely N-dealkylation sites (tertiary alicyclic amines) is 1. The van der Waals surface area contributed by atoms with Crippen molar-refractivity contribution in [2.24, 2.45) is 5.92 Å². The molecule has 1 saturated heterocycles. The highest BCUT2D eigenvalue weighted by atomic mass is 16.2. The highest BCUT2D eigenvalue weighted by Crippen LogP contribution is 2.35. The number of hydrogen-bond acceptors (Lipinski definition) is 4. The smallest absolute Gasteiger partial charge is 0.275 e. The monoisotopic (exact) mass is 354 g/mol. The summed E-state index contributed by atoms with van der Waals surface area (Å²) in [6.45, 7) is 1.76. The van der Waals surface area contributed by atoms with Crippen LogP contribution in [0.1, 0.15) is 78.6 Å². The molecule has 0 radical (unpaired) electrons. The lowest BCUT2D eigenvalue weighted by atomic mass is 9.94. The van der Waals surface area contributed by atoms with Crippen LogP contribution in [0.2, 0.25) is 0 Å². The first-order valence-corrected chi connectivity index (χ1v) is 10.1. The Kier molecular flexibility index (Phi) is 4.02. The first-order chi connectivity index (χ1) is 12.8. The minimum absolute atomic E-state index is 0.0217. The summed E-state index contributed by atoms with van der Waals surface area (Å²) in [7, 11) is 0. The number of fused-ring (bicyclic) bond motifs is 1. The van der Waals surface area contributed by atoms with Gasteiger partial charge in [0.2, 0.25) is 0 Å². The zero-order valence-electron chi connectivity index (χ0n) is 15.2. The normalized spacial score (nSPS) is 23.1. The van der Waals surface area contributed by atoms with Crippen molar-refractivity contribution in [1.29, 1.82) is 0 Å². The number of nitrogens with one attached hydrogen (secondary N) is 1. The summed E-state index contributed by atoms with van der Waals surface area (Å²) < 4.78 is 2.17. The van der Waals surface area contributed by atoms with Crippen LogP contribution in [0.4, 0.5) is 0 Å². The molecule has 3 heterocycles. The summed E-state index contributed by atoms with van der Waals surface area (Å²) in [5, 5.41) is 16.1. The van der Waals surface area contributed by atoms with Crippen LogP contribution in [-0.4, -0.2) is 42.3 Å². The second-order valence-corrected chi connectivity index (χ2v) is 8.03. The molecule has 0 bridgehead atoms. The van der Waals surface area contributed by atoms with Gasteiger partial charge in [-0.25, -0.2) is 0 Å². The Morgan fingerprint density at radius 1 is 1.15 bits per heavy atom. The molecular weight excluding hydrogens is 328 g/mol. The Morgan fingerprint density at radius 2 is 2.04 bits per heavy atom. The van der Waals surface area contributed by atoms with Crippen LogP contribution in [-0.2, 0) is 19.4 Å². The molecule has 3 aliphatic rings. The van der Waals surface area contributed by atoms with Crippen molar-refractivity contribution in [2.45, 2.75) is 70.4 Å². The van der Waals surface area contributed by atoms with E-state index in [1.165, 1.54) is 19.3 Å². The summed E-state index contributed by atoms with van der Waals surface area (Å²) in [4.78, 5) is 15.4. The second kappa shape index (κ2) is 6.52. The molecule has 1 saturated carbocycles. The van der Waals surface area contributed by atoms with E-state index in [1.807, 2.05) is 11.2 Å². The molecule has 0 aromatic carbocycles. The fourth-order valence-electron chi connectivity index (χ4n) is 4.48. The Balaban J connectivity index is 1.44. The number of aryl methyl sites for hydroxylation is 1. The zero-order valence-corrected chi connectivity index (χ0v) is 15.2. The largest absolute Gasteiger partial charge is 0.327 e. The highest BCUT2D eigenvalue weighted by Gasteiger charge is 2.35. The van der Waals surface area contributed by atoms with Crippen LogP contribution < -0.4 is 0 Å². The maximum absolute atomic E-state index is 13.4. The van der Waals surface area contributed by atoms with E-state index >= 15 is 0 Å². The SMILES string of the molecule is O=C(c1n[nH]c2c1CCCC2)N1CCCCC1c1nncn1CC1CC1. The molecule has 0 spiro atoms. The first-order valence-electron chi connectivity index (χ1n) is 10.1. The summed E-state index contributed by atoms with van der Waals surface area (Å²) in [5.41, 5.74) is 2.94. The third-order valence-corrected chi connectivity index (χ3v) is 6.12. The molecule has 1 unspecified atom stereocenters. The molecule has 2 aromatic heterocycles. The first kappa shape index (κ1) is 16.0. The van der Waals surface area contributed by atoms with Gasteiger partial charge in [0.25, 0.3) is 5.91 Å². The van der Waals surface area contributed by atoms with Gasteiger partial charge in [0.1, 0.15) is 6.33 Å². The fourth-order valence-corrected chi connectivity index (χ4v) is 4.48. The van der Waals surface area contributed by atoms with E-state index in [0.717, 1.165) is 74.6 Å². The molecule has 26 heavy (non-hydrogen) atoms. The van der Waals surface area contributed by atoms with Gasteiger partial charge in [-0.15, -0.1) is 10.2 Å². The Morgan fingerprint density at radius 3 is 2.92 bits per heavy atom. The molecule has 2 aromatic rings. The van der Waals surface area contributed by atoms with Gasteiger partial charge >= 0.3 is 0 Å². The lowest BCUT2D eigenvalue weighted by Crippen LogP contribution is -2.40. The van der Waals surface area contributed by atoms with Crippen molar-refractivity contribution in [2.75, 3.05) is 6.54 Å². The quantitative estimate of drug-likeness (QED) is 0.915. The van der Waals surface area contributed by atoms with Crippen LogP contribution >= 0.6 is 0 Å². The van der Waals surface area contributed by atoms with E-state index in [-0.39, 0.29) is 11.9 Å². The summed E-state index contributed by atoms with van der Waals surface area (Å²) >= 11 is 0. The fraction of sp³-hybridized carbons (Fsp3) is 0.684. The number of amides is 1. The molecule has 1 atom stereocenters. The maximum atomic E-state index is 13.4. The Bertz CT molecular complexity index is 805. The average Bonchev–Trinajstić information content (AvgIpc) is 3.20. The molecule has 7 heteroatoms. The second-order valence-electron chi connectivity index (χ2n) is 8.03. The van der Waals surface area contributed by atoms with E-state index in [2.05, 4.69) is 25.0 Å². The van der Waals surface area contributed by atoms with Crippen molar-refractivity contribution in [1.82, 2.24) is 29.9 Å². The van der Waals surface area contributed by atoms with Gasteiger partial charge in [-0.05, 0) is 63.7 Å². The number of H-pyrrole nitrogens is 1. The van der Waals surface area contributed by atoms with E-state index in [9.17, 15) is 4.79 Å². The maximum Gasteiger partial charge on any atom is 0.275 e. The predicted molar refractivity (Wildman–Crippen MR) is 95.6 cm³/mol. The molecule has 2 fully saturated rings. The number of carbonyl (C=O) groups is 1. The Hall–Kier alpha value is -2.18. The number of aromatic amines is 1. The van der Waals surface area contributed by atoms with Gasteiger partial charge in [0.15, 0.2) is 11.5 Å². The highest BCUT2D eigenvalue weighted by molar-refractivity contribution is 5.94. The number of rotatable bonds is 4. The van der Waals surface area contributed by atoms with Crippen LogP contribution in [0.25, 0.3) is 0 Å². The zero-order chi connectivity index (χ0) is 17.5. The minimum Gasteiger partial charge on any atom is -0.327 e. The van der Waals surface area contributed by atoms with Crippen molar-refractivity contribution in [3.05, 3.63) is 29.1 Å². The van der Waals surface area contributed by atoms with Gasteiger partial charge in [-0.2, -0.15) is 5.10 Å². The minimum atomic E-state index is 0.0217. The molecular formula is C19H26N6O. The predicted octanol–water partition coefficient (Wildman–Crippen LogP) is 2.66. The number of carbonyl (C=O) groups excluding carboxylic acids is 1. The molecule has 138 valence electrons. The van der Waals surface area contributed by atoms with Crippen molar-refractivity contribution in [3.63, 3.8) is 0 Å². The van der Waals surface area contributed by atoms with E-state index in [4.69, 9.17) is 0 Å². The summed E-state index contributed by atoms with van der Waals surface area (Å²) in [6, 6.07) is 0.0217. The van der Waals surface area contributed by atoms with Gasteiger partial charge in [0, 0.05) is 24.3 Å². The topological polar surface area (TPSA) is 79.7 Å². The van der Waals surface area contributed by atoms with Crippen LogP contribution in [0.15, 0.2) is 6.33 Å². The molecule has 5 rings (SSSR count). The summed E-state index contributed by atoms with van der Waals surface area (Å²) in [6.07, 6.45) is 11.9. The lowest BCUT2D eigenvalue weighted by Gasteiger charge is -2.35. The number of hydrogen-bond donors (Lipinski definition) is 1. The van der Waals surface area contributed by atoms with Crippen molar-refractivity contribution in [3.8, 4) is 0 Å². The molecule has 1 amide bonds. The lowest BCUT2D eigenvalue weighted by molar-refractivity contribution is 0.0586. The standard InChI is InChI=1S/C19H26N6O/c26-19(17-14-5-1-2-6-15(14)21-22-17)25-10-4-3-7-16(25)18-23-20-12-24(18)11-13-8-9-13/h12-13,16H,1-11H2,(H,21,22). The Labute approximate surface area is 153 Å². The van der Waals surface area contributed by atoms with Crippen LogP contribution in [0.3, 0.4) is 0 Å².